The number of hydrogen-bond donors (Lipinski definition) is 3. The van der Waals surface area contributed by atoms with Gasteiger partial charge in [0.25, 0.3) is 5.91 Å². The Morgan fingerprint density at radius 2 is 1.39 bits per heavy atom. The van der Waals surface area contributed by atoms with E-state index in [0.29, 0.717) is 29.2 Å². The minimum atomic E-state index is -0.257. The molecule has 148 valence electrons. The highest BCUT2D eigenvalue weighted by atomic mass is 16.2. The molecule has 0 atom stereocenters. The highest BCUT2D eigenvalue weighted by Gasteiger charge is 2.13. The van der Waals surface area contributed by atoms with Gasteiger partial charge in [-0.3, -0.25) is 14.5 Å². The van der Waals surface area contributed by atoms with Gasteiger partial charge in [0.05, 0.1) is 12.1 Å². The van der Waals surface area contributed by atoms with E-state index in [4.69, 9.17) is 5.73 Å². The summed E-state index contributed by atoms with van der Waals surface area (Å²) in [5, 5.41) is 5.75. The van der Waals surface area contributed by atoms with Crippen LogP contribution in [-0.2, 0) is 4.79 Å². The molecule has 0 aliphatic carbocycles. The molecule has 4 N–H and O–H groups in total. The number of hydrogen-bond acceptors (Lipinski definition) is 4. The van der Waals surface area contributed by atoms with Crippen LogP contribution in [0.25, 0.3) is 0 Å². The van der Waals surface area contributed by atoms with E-state index in [9.17, 15) is 9.59 Å². The monoisotopic (exact) mass is 380 g/mol. The average molecular weight is 380 g/mol. The van der Waals surface area contributed by atoms with Gasteiger partial charge >= 0.3 is 0 Å². The summed E-state index contributed by atoms with van der Waals surface area (Å²) in [4.78, 5) is 26.9. The molecule has 6 nitrogen and oxygen atoms in total. The van der Waals surface area contributed by atoms with Gasteiger partial charge < -0.3 is 16.4 Å². The van der Waals surface area contributed by atoms with Crippen LogP contribution in [0.5, 0.6) is 0 Å². The fourth-order valence-electron chi connectivity index (χ4n) is 3.41. The average Bonchev–Trinajstić information content (AvgIpc) is 2.66. The van der Waals surface area contributed by atoms with Crippen molar-refractivity contribution in [2.24, 2.45) is 0 Å². The van der Waals surface area contributed by atoms with Crippen LogP contribution in [0.2, 0.25) is 0 Å². The van der Waals surface area contributed by atoms with Crippen LogP contribution in [-0.4, -0.2) is 36.3 Å². The molecule has 1 saturated heterocycles. The fraction of sp³-hybridized carbons (Fsp3) is 0.364. The molecule has 1 aliphatic heterocycles. The van der Waals surface area contributed by atoms with Crippen LogP contribution in [0.1, 0.15) is 42.5 Å². The lowest BCUT2D eigenvalue weighted by molar-refractivity contribution is -0.117. The molecular formula is C22H28N4O2. The molecule has 0 bridgehead atoms. The van der Waals surface area contributed by atoms with Crippen molar-refractivity contribution in [1.29, 1.82) is 0 Å². The Balaban J connectivity index is 1.51. The number of para-hydroxylation sites is 1. The van der Waals surface area contributed by atoms with Crippen molar-refractivity contribution in [3.63, 3.8) is 0 Å². The molecule has 2 amide bonds. The van der Waals surface area contributed by atoms with Crippen molar-refractivity contribution < 1.29 is 9.59 Å². The van der Waals surface area contributed by atoms with Gasteiger partial charge in [0.1, 0.15) is 0 Å². The molecule has 0 aromatic heterocycles. The number of likely N-dealkylation sites (tertiary alicyclic amines) is 1. The zero-order valence-electron chi connectivity index (χ0n) is 16.1. The van der Waals surface area contributed by atoms with Crippen LogP contribution >= 0.6 is 0 Å². The summed E-state index contributed by atoms with van der Waals surface area (Å²) in [5.41, 5.74) is 8.08. The topological polar surface area (TPSA) is 87.5 Å². The Labute approximate surface area is 166 Å². The van der Waals surface area contributed by atoms with Crippen LogP contribution < -0.4 is 16.4 Å². The van der Waals surface area contributed by atoms with Crippen molar-refractivity contribution in [3.05, 3.63) is 54.1 Å². The summed E-state index contributed by atoms with van der Waals surface area (Å²) in [6.07, 6.45) is 6.13. The molecular weight excluding hydrogens is 352 g/mol. The van der Waals surface area contributed by atoms with Crippen LogP contribution in [0.15, 0.2) is 48.5 Å². The molecule has 0 saturated carbocycles. The van der Waals surface area contributed by atoms with E-state index >= 15 is 0 Å². The quantitative estimate of drug-likeness (QED) is 0.690. The molecule has 1 heterocycles. The van der Waals surface area contributed by atoms with E-state index in [-0.39, 0.29) is 11.8 Å². The standard InChI is InChI=1S/C22H28N4O2/c23-20-9-5-4-8-19(20)22(28)25-18-12-10-17(11-13-18)24-21(27)16-26-14-6-2-1-3-7-15-26/h4-5,8-13H,1-3,6-7,14-16,23H2,(H,24,27)(H,25,28). The largest absolute Gasteiger partial charge is 0.398 e. The SMILES string of the molecule is Nc1ccccc1C(=O)Nc1ccc(NC(=O)CN2CCCCCCC2)cc1. The van der Waals surface area contributed by atoms with Crippen molar-refractivity contribution in [2.75, 3.05) is 36.0 Å². The zero-order valence-corrected chi connectivity index (χ0v) is 16.1. The molecule has 3 rings (SSSR count). The Bertz CT molecular complexity index is 796. The first-order chi connectivity index (χ1) is 13.6. The normalized spacial score (nSPS) is 15.3. The van der Waals surface area contributed by atoms with Crippen molar-refractivity contribution in [1.82, 2.24) is 4.90 Å². The molecule has 0 radical (unpaired) electrons. The number of anilines is 3. The third-order valence-electron chi connectivity index (χ3n) is 4.95. The second-order valence-corrected chi connectivity index (χ2v) is 7.21. The Morgan fingerprint density at radius 1 is 0.821 bits per heavy atom. The van der Waals surface area contributed by atoms with E-state index in [2.05, 4.69) is 15.5 Å². The zero-order chi connectivity index (χ0) is 19.8. The van der Waals surface area contributed by atoms with E-state index in [1.54, 1.807) is 48.5 Å². The van der Waals surface area contributed by atoms with Crippen LogP contribution in [0, 0.1) is 0 Å². The van der Waals surface area contributed by atoms with Gasteiger partial charge in [-0.1, -0.05) is 31.4 Å². The smallest absolute Gasteiger partial charge is 0.257 e. The van der Waals surface area contributed by atoms with Gasteiger partial charge in [-0.05, 0) is 62.3 Å². The lowest BCUT2D eigenvalue weighted by Gasteiger charge is -2.23. The number of carbonyl (C=O) groups is 2. The van der Waals surface area contributed by atoms with Crippen LogP contribution in [0.4, 0.5) is 17.1 Å². The first kappa shape index (κ1) is 19.9. The summed E-state index contributed by atoms with van der Waals surface area (Å²) in [6.45, 7) is 2.40. The number of nitrogens with zero attached hydrogens (tertiary/aromatic N) is 1. The first-order valence-corrected chi connectivity index (χ1v) is 9.90. The van der Waals surface area contributed by atoms with Crippen LogP contribution in [0.3, 0.4) is 0 Å². The maximum atomic E-state index is 12.3. The minimum Gasteiger partial charge on any atom is -0.398 e. The number of nitrogens with two attached hydrogens (primary N) is 1. The van der Waals surface area contributed by atoms with Crippen molar-refractivity contribution in [2.45, 2.75) is 32.1 Å². The number of carbonyl (C=O) groups excluding carboxylic acids is 2. The van der Waals surface area contributed by atoms with Gasteiger partial charge in [0.2, 0.25) is 5.91 Å². The van der Waals surface area contributed by atoms with E-state index < -0.39 is 0 Å². The lowest BCUT2D eigenvalue weighted by Crippen LogP contribution is -2.35. The molecule has 1 fully saturated rings. The highest BCUT2D eigenvalue weighted by Crippen LogP contribution is 2.17. The van der Waals surface area contributed by atoms with Gasteiger partial charge in [0.15, 0.2) is 0 Å². The fourth-order valence-corrected chi connectivity index (χ4v) is 3.41. The maximum Gasteiger partial charge on any atom is 0.257 e. The third-order valence-corrected chi connectivity index (χ3v) is 4.95. The van der Waals surface area contributed by atoms with Gasteiger partial charge in [-0.2, -0.15) is 0 Å². The summed E-state index contributed by atoms with van der Waals surface area (Å²) in [6, 6.07) is 14.0. The second kappa shape index (κ2) is 9.90. The maximum absolute atomic E-state index is 12.3. The van der Waals surface area contributed by atoms with E-state index in [1.807, 2.05) is 0 Å². The summed E-state index contributed by atoms with van der Waals surface area (Å²) in [5.74, 6) is -0.263. The predicted octanol–water partition coefficient (Wildman–Crippen LogP) is 3.73. The number of amides is 2. The predicted molar refractivity (Wildman–Crippen MR) is 113 cm³/mol. The second-order valence-electron chi connectivity index (χ2n) is 7.21. The Morgan fingerprint density at radius 3 is 2.04 bits per heavy atom. The highest BCUT2D eigenvalue weighted by molar-refractivity contribution is 6.07. The minimum absolute atomic E-state index is 0.00517. The first-order valence-electron chi connectivity index (χ1n) is 9.90. The van der Waals surface area contributed by atoms with Crippen molar-refractivity contribution in [3.8, 4) is 0 Å². The van der Waals surface area contributed by atoms with E-state index in [0.717, 1.165) is 25.9 Å². The number of nitrogens with one attached hydrogen (secondary N) is 2. The van der Waals surface area contributed by atoms with Gasteiger partial charge in [-0.25, -0.2) is 0 Å². The molecule has 0 unspecified atom stereocenters. The van der Waals surface area contributed by atoms with E-state index in [1.165, 1.54) is 19.3 Å². The Kier molecular flexibility index (Phi) is 7.03. The van der Waals surface area contributed by atoms with Crippen molar-refractivity contribution >= 4 is 28.9 Å². The molecule has 1 aliphatic rings. The lowest BCUT2D eigenvalue weighted by atomic mass is 10.1. The molecule has 0 spiro atoms. The summed E-state index contributed by atoms with van der Waals surface area (Å²) in [7, 11) is 0. The number of nitrogen functional groups attached to an aromatic ring is 1. The summed E-state index contributed by atoms with van der Waals surface area (Å²) < 4.78 is 0. The number of benzene rings is 2. The van der Waals surface area contributed by atoms with Gasteiger partial charge in [-0.15, -0.1) is 0 Å². The molecule has 28 heavy (non-hydrogen) atoms. The Hall–Kier alpha value is -2.86. The number of rotatable bonds is 5. The summed E-state index contributed by atoms with van der Waals surface area (Å²) >= 11 is 0. The molecule has 2 aromatic rings. The van der Waals surface area contributed by atoms with Gasteiger partial charge in [0, 0.05) is 17.1 Å². The molecule has 6 heteroatoms. The molecule has 2 aromatic carbocycles. The third kappa shape index (κ3) is 5.82.